The van der Waals surface area contributed by atoms with Gasteiger partial charge >= 0.3 is 0 Å². The van der Waals surface area contributed by atoms with Crippen LogP contribution < -0.4 is 5.32 Å². The summed E-state index contributed by atoms with van der Waals surface area (Å²) in [6.07, 6.45) is 5.33. The average molecular weight is 414 g/mol. The zero-order valence-corrected chi connectivity index (χ0v) is 18.5. The number of hydrogen-bond acceptors (Lipinski definition) is 4. The van der Waals surface area contributed by atoms with E-state index >= 15 is 0 Å². The Labute approximate surface area is 180 Å². The van der Waals surface area contributed by atoms with Crippen molar-refractivity contribution in [3.05, 3.63) is 47.8 Å². The van der Waals surface area contributed by atoms with Gasteiger partial charge in [0.2, 0.25) is 0 Å². The molecule has 1 atom stereocenters. The maximum absolute atomic E-state index is 5.69. The summed E-state index contributed by atoms with van der Waals surface area (Å²) >= 11 is 0. The van der Waals surface area contributed by atoms with Gasteiger partial charge in [-0.05, 0) is 43.9 Å². The van der Waals surface area contributed by atoms with Crippen LogP contribution in [0.15, 0.2) is 41.5 Å². The van der Waals surface area contributed by atoms with Crippen molar-refractivity contribution < 1.29 is 9.47 Å². The summed E-state index contributed by atoms with van der Waals surface area (Å²) in [5.41, 5.74) is 3.49. The summed E-state index contributed by atoms with van der Waals surface area (Å²) in [4.78, 5) is 6.81. The second-order valence-corrected chi connectivity index (χ2v) is 7.77. The minimum Gasteiger partial charge on any atom is -0.382 e. The Morgan fingerprint density at radius 1 is 1.27 bits per heavy atom. The first-order chi connectivity index (χ1) is 14.7. The minimum atomic E-state index is 0.562. The molecule has 1 N–H and O–H groups in total. The summed E-state index contributed by atoms with van der Waals surface area (Å²) in [7, 11) is 3.56. The Hall–Kier alpha value is -2.38. The van der Waals surface area contributed by atoms with Crippen LogP contribution in [0.2, 0.25) is 0 Å². The molecule has 0 amide bonds. The average Bonchev–Trinajstić information content (AvgIpc) is 3.39. The topological polar surface area (TPSA) is 63.9 Å². The second kappa shape index (κ2) is 11.7. The van der Waals surface area contributed by atoms with E-state index in [1.54, 1.807) is 7.11 Å². The first-order valence-corrected chi connectivity index (χ1v) is 10.8. The zero-order chi connectivity index (χ0) is 21.2. The van der Waals surface area contributed by atoms with Crippen LogP contribution in [0.4, 0.5) is 0 Å². The van der Waals surface area contributed by atoms with E-state index in [-0.39, 0.29) is 0 Å². The summed E-state index contributed by atoms with van der Waals surface area (Å²) in [6.45, 7) is 7.12. The normalized spacial score (nSPS) is 17.0. The van der Waals surface area contributed by atoms with E-state index in [4.69, 9.17) is 9.47 Å². The predicted molar refractivity (Wildman–Crippen MR) is 120 cm³/mol. The Bertz CT molecular complexity index is 790. The second-order valence-electron chi connectivity index (χ2n) is 7.77. The first kappa shape index (κ1) is 22.3. The van der Waals surface area contributed by atoms with Crippen LogP contribution in [0, 0.1) is 12.8 Å². The van der Waals surface area contributed by atoms with Gasteiger partial charge in [0, 0.05) is 45.9 Å². The third kappa shape index (κ3) is 6.31. The fourth-order valence-electron chi connectivity index (χ4n) is 3.82. The fraction of sp³-hybridized carbons (Fsp3) is 0.565. The van der Waals surface area contributed by atoms with E-state index < -0.39 is 0 Å². The number of rotatable bonds is 10. The Balaban J connectivity index is 1.40. The molecule has 0 aliphatic carbocycles. The van der Waals surface area contributed by atoms with Crippen molar-refractivity contribution in [2.24, 2.45) is 10.9 Å². The number of ether oxygens (including phenoxy) is 2. The third-order valence-corrected chi connectivity index (χ3v) is 5.51. The molecule has 1 aliphatic heterocycles. The molecule has 1 aromatic carbocycles. The lowest BCUT2D eigenvalue weighted by atomic mass is 10.1. The molecule has 3 rings (SSSR count). The largest absolute Gasteiger partial charge is 0.382 e. The van der Waals surface area contributed by atoms with E-state index in [0.29, 0.717) is 19.1 Å². The number of aromatic nitrogens is 2. The van der Waals surface area contributed by atoms with Crippen molar-refractivity contribution in [2.75, 3.05) is 53.6 Å². The monoisotopic (exact) mass is 413 g/mol. The summed E-state index contributed by atoms with van der Waals surface area (Å²) < 4.78 is 12.7. The van der Waals surface area contributed by atoms with Crippen LogP contribution in [0.5, 0.6) is 0 Å². The lowest BCUT2D eigenvalue weighted by molar-refractivity contribution is 0.0536. The smallest absolute Gasteiger partial charge is 0.193 e. The van der Waals surface area contributed by atoms with Crippen molar-refractivity contribution >= 4 is 5.96 Å². The summed E-state index contributed by atoms with van der Waals surface area (Å²) in [6, 6.07) is 10.3. The number of nitrogens with one attached hydrogen (secondary N) is 1. The Kier molecular flexibility index (Phi) is 8.71. The quantitative estimate of drug-likeness (QED) is 0.369. The standard InChI is InChI=1S/C23H35N5O2/c1-19-21(17-28(26-19)22-9-5-4-6-10-22)8-7-12-25-23(24-2)27-13-11-20(16-27)18-30-15-14-29-3/h4-6,9-10,17,20H,7-8,11-16,18H2,1-3H3,(H,24,25). The maximum Gasteiger partial charge on any atom is 0.193 e. The highest BCUT2D eigenvalue weighted by Gasteiger charge is 2.24. The lowest BCUT2D eigenvalue weighted by Gasteiger charge is -2.21. The fourth-order valence-corrected chi connectivity index (χ4v) is 3.82. The van der Waals surface area contributed by atoms with Crippen molar-refractivity contribution in [2.45, 2.75) is 26.2 Å². The molecule has 0 radical (unpaired) electrons. The Morgan fingerprint density at radius 2 is 2.10 bits per heavy atom. The molecule has 2 heterocycles. The highest BCUT2D eigenvalue weighted by molar-refractivity contribution is 5.80. The van der Waals surface area contributed by atoms with E-state index in [2.05, 4.69) is 45.6 Å². The molecule has 0 saturated carbocycles. The van der Waals surface area contributed by atoms with Gasteiger partial charge in [-0.2, -0.15) is 5.10 Å². The van der Waals surface area contributed by atoms with Gasteiger partial charge in [0.1, 0.15) is 0 Å². The molecule has 1 saturated heterocycles. The van der Waals surface area contributed by atoms with Gasteiger partial charge in [-0.15, -0.1) is 0 Å². The van der Waals surface area contributed by atoms with Crippen molar-refractivity contribution in [1.82, 2.24) is 20.0 Å². The molecule has 164 valence electrons. The highest BCUT2D eigenvalue weighted by Crippen LogP contribution is 2.17. The van der Waals surface area contributed by atoms with Gasteiger partial charge in [-0.3, -0.25) is 4.99 Å². The van der Waals surface area contributed by atoms with Gasteiger partial charge in [0.25, 0.3) is 0 Å². The molecule has 0 bridgehead atoms. The maximum atomic E-state index is 5.69. The van der Waals surface area contributed by atoms with Crippen LogP contribution >= 0.6 is 0 Å². The first-order valence-electron chi connectivity index (χ1n) is 10.8. The number of guanidine groups is 1. The van der Waals surface area contributed by atoms with Gasteiger partial charge in [0.05, 0.1) is 31.2 Å². The number of para-hydroxylation sites is 1. The number of nitrogens with zero attached hydrogens (tertiary/aromatic N) is 4. The predicted octanol–water partition coefficient (Wildman–Crippen LogP) is 2.67. The minimum absolute atomic E-state index is 0.562. The van der Waals surface area contributed by atoms with Crippen LogP contribution in [-0.2, 0) is 15.9 Å². The molecule has 1 fully saturated rings. The number of likely N-dealkylation sites (tertiary alicyclic amines) is 1. The van der Waals surface area contributed by atoms with E-state index in [1.165, 1.54) is 5.56 Å². The van der Waals surface area contributed by atoms with Gasteiger partial charge in [-0.1, -0.05) is 18.2 Å². The van der Waals surface area contributed by atoms with Crippen LogP contribution in [-0.4, -0.2) is 74.3 Å². The summed E-state index contributed by atoms with van der Waals surface area (Å²) in [5, 5.41) is 8.19. The molecule has 1 unspecified atom stereocenters. The molecular weight excluding hydrogens is 378 g/mol. The van der Waals surface area contributed by atoms with Crippen LogP contribution in [0.3, 0.4) is 0 Å². The van der Waals surface area contributed by atoms with Gasteiger partial charge in [0.15, 0.2) is 5.96 Å². The van der Waals surface area contributed by atoms with Gasteiger partial charge in [-0.25, -0.2) is 4.68 Å². The summed E-state index contributed by atoms with van der Waals surface area (Å²) in [5.74, 6) is 1.55. The highest BCUT2D eigenvalue weighted by atomic mass is 16.5. The van der Waals surface area contributed by atoms with Gasteiger partial charge < -0.3 is 19.7 Å². The van der Waals surface area contributed by atoms with Crippen molar-refractivity contribution in [1.29, 1.82) is 0 Å². The third-order valence-electron chi connectivity index (χ3n) is 5.51. The molecule has 1 aromatic heterocycles. The zero-order valence-electron chi connectivity index (χ0n) is 18.5. The molecule has 30 heavy (non-hydrogen) atoms. The van der Waals surface area contributed by atoms with Crippen molar-refractivity contribution in [3.63, 3.8) is 0 Å². The number of hydrogen-bond donors (Lipinski definition) is 1. The lowest BCUT2D eigenvalue weighted by Crippen LogP contribution is -2.40. The number of benzene rings is 1. The SMILES string of the molecule is CN=C(NCCCc1cn(-c2ccccc2)nc1C)N1CCC(COCCOC)C1. The molecular formula is C23H35N5O2. The number of aliphatic imine (C=N–C) groups is 1. The Morgan fingerprint density at radius 3 is 2.87 bits per heavy atom. The van der Waals surface area contributed by atoms with E-state index in [1.807, 2.05) is 29.9 Å². The molecule has 2 aromatic rings. The molecule has 7 heteroatoms. The molecule has 7 nitrogen and oxygen atoms in total. The molecule has 1 aliphatic rings. The molecule has 0 spiro atoms. The van der Waals surface area contributed by atoms with Crippen molar-refractivity contribution in [3.8, 4) is 5.69 Å². The number of aryl methyl sites for hydroxylation is 2. The van der Waals surface area contributed by atoms with E-state index in [0.717, 1.165) is 62.8 Å². The van der Waals surface area contributed by atoms with E-state index in [9.17, 15) is 0 Å². The van der Waals surface area contributed by atoms with Crippen LogP contribution in [0.25, 0.3) is 5.69 Å². The number of methoxy groups -OCH3 is 1. The van der Waals surface area contributed by atoms with Crippen LogP contribution in [0.1, 0.15) is 24.1 Å².